The van der Waals surface area contributed by atoms with Crippen molar-refractivity contribution < 1.29 is 23.0 Å². The van der Waals surface area contributed by atoms with Gasteiger partial charge in [0.15, 0.2) is 5.78 Å². The first-order chi connectivity index (χ1) is 16.6. The first-order valence-corrected chi connectivity index (χ1v) is 10.9. The van der Waals surface area contributed by atoms with E-state index in [0.29, 0.717) is 60.0 Å². The lowest BCUT2D eigenvalue weighted by Gasteiger charge is -2.27. The molecule has 1 fully saturated rings. The van der Waals surface area contributed by atoms with E-state index in [1.54, 1.807) is 36.5 Å². The van der Waals surface area contributed by atoms with Crippen LogP contribution in [0.4, 0.5) is 14.6 Å². The second kappa shape index (κ2) is 9.52. The van der Waals surface area contributed by atoms with Gasteiger partial charge >= 0.3 is 0 Å². The van der Waals surface area contributed by atoms with Gasteiger partial charge in [-0.2, -0.15) is 0 Å². The first kappa shape index (κ1) is 21.9. The number of rotatable bonds is 6. The predicted octanol–water partition coefficient (Wildman–Crippen LogP) is 4.55. The Labute approximate surface area is 194 Å². The SMILES string of the molecule is O=C(c1ccc2ncc(N3CCOCC3)nc2c1)c1cc(OCc2cccc(F)c2)ccc1F. The number of hydrogen-bond acceptors (Lipinski definition) is 6. The third-order valence-electron chi connectivity index (χ3n) is 5.60. The highest BCUT2D eigenvalue weighted by molar-refractivity contribution is 6.10. The fourth-order valence-electron chi connectivity index (χ4n) is 3.80. The summed E-state index contributed by atoms with van der Waals surface area (Å²) in [6.07, 6.45) is 1.70. The maximum Gasteiger partial charge on any atom is 0.196 e. The van der Waals surface area contributed by atoms with Crippen LogP contribution in [-0.2, 0) is 11.3 Å². The standard InChI is InChI=1S/C26H21F2N3O3/c27-19-3-1-2-17(12-19)16-34-20-5-6-22(28)21(14-20)26(32)18-4-7-23-24(13-18)30-25(15-29-23)31-8-10-33-11-9-31/h1-7,12-15H,8-11,16H2. The zero-order valence-corrected chi connectivity index (χ0v) is 18.2. The summed E-state index contributed by atoms with van der Waals surface area (Å²) < 4.78 is 39.0. The largest absolute Gasteiger partial charge is 0.489 e. The average molecular weight is 461 g/mol. The van der Waals surface area contributed by atoms with E-state index in [9.17, 15) is 13.6 Å². The highest BCUT2D eigenvalue weighted by atomic mass is 19.1. The number of hydrogen-bond donors (Lipinski definition) is 0. The van der Waals surface area contributed by atoms with Gasteiger partial charge in [-0.3, -0.25) is 9.78 Å². The molecule has 34 heavy (non-hydrogen) atoms. The van der Waals surface area contributed by atoms with E-state index < -0.39 is 11.6 Å². The Hall–Kier alpha value is -3.91. The van der Waals surface area contributed by atoms with Gasteiger partial charge in [0.1, 0.15) is 29.8 Å². The number of nitrogens with zero attached hydrogens (tertiary/aromatic N) is 3. The van der Waals surface area contributed by atoms with Crippen molar-refractivity contribution in [3.63, 3.8) is 0 Å². The maximum atomic E-state index is 14.6. The quantitative estimate of drug-likeness (QED) is 0.393. The van der Waals surface area contributed by atoms with E-state index in [2.05, 4.69) is 14.9 Å². The van der Waals surface area contributed by atoms with Crippen molar-refractivity contribution in [2.75, 3.05) is 31.2 Å². The average Bonchev–Trinajstić information content (AvgIpc) is 2.88. The molecule has 3 aromatic carbocycles. The molecular formula is C26H21F2N3O3. The van der Waals surface area contributed by atoms with Crippen LogP contribution in [0.25, 0.3) is 11.0 Å². The molecule has 1 aromatic heterocycles. The number of carbonyl (C=O) groups excluding carboxylic acids is 1. The molecule has 5 rings (SSSR count). The first-order valence-electron chi connectivity index (χ1n) is 10.9. The van der Waals surface area contributed by atoms with Gasteiger partial charge < -0.3 is 14.4 Å². The smallest absolute Gasteiger partial charge is 0.196 e. The van der Waals surface area contributed by atoms with Gasteiger partial charge in [0.25, 0.3) is 0 Å². The van der Waals surface area contributed by atoms with Crippen molar-refractivity contribution in [1.82, 2.24) is 9.97 Å². The number of fused-ring (bicyclic) bond motifs is 1. The maximum absolute atomic E-state index is 14.6. The molecule has 1 saturated heterocycles. The normalized spacial score (nSPS) is 13.8. The monoisotopic (exact) mass is 461 g/mol. The highest BCUT2D eigenvalue weighted by Gasteiger charge is 2.18. The number of carbonyl (C=O) groups is 1. The lowest BCUT2D eigenvalue weighted by atomic mass is 10.0. The lowest BCUT2D eigenvalue weighted by Crippen LogP contribution is -2.36. The molecule has 0 bridgehead atoms. The molecule has 1 aliphatic rings. The molecule has 2 heterocycles. The third-order valence-corrected chi connectivity index (χ3v) is 5.60. The summed E-state index contributed by atoms with van der Waals surface area (Å²) in [5, 5.41) is 0. The summed E-state index contributed by atoms with van der Waals surface area (Å²) >= 11 is 0. The number of anilines is 1. The molecule has 0 unspecified atom stereocenters. The summed E-state index contributed by atoms with van der Waals surface area (Å²) in [6.45, 7) is 2.76. The Kier molecular flexibility index (Phi) is 6.14. The Bertz CT molecular complexity index is 1360. The van der Waals surface area contributed by atoms with Gasteiger partial charge in [-0.05, 0) is 54.1 Å². The molecular weight excluding hydrogens is 440 g/mol. The van der Waals surface area contributed by atoms with Gasteiger partial charge in [0.05, 0.1) is 36.0 Å². The summed E-state index contributed by atoms with van der Waals surface area (Å²) in [6, 6.07) is 14.9. The molecule has 0 aliphatic carbocycles. The Morgan fingerprint density at radius 3 is 2.68 bits per heavy atom. The van der Waals surface area contributed by atoms with Gasteiger partial charge in [-0.25, -0.2) is 13.8 Å². The van der Waals surface area contributed by atoms with Gasteiger partial charge in [-0.15, -0.1) is 0 Å². The molecule has 0 saturated carbocycles. The van der Waals surface area contributed by atoms with Crippen LogP contribution < -0.4 is 9.64 Å². The summed E-state index contributed by atoms with van der Waals surface area (Å²) in [5.74, 6) is -0.499. The van der Waals surface area contributed by atoms with Crippen molar-refractivity contribution in [2.24, 2.45) is 0 Å². The van der Waals surface area contributed by atoms with Crippen molar-refractivity contribution in [2.45, 2.75) is 6.61 Å². The number of morpholine rings is 1. The van der Waals surface area contributed by atoms with Crippen molar-refractivity contribution in [3.8, 4) is 5.75 Å². The van der Waals surface area contributed by atoms with Crippen molar-refractivity contribution in [1.29, 1.82) is 0 Å². The zero-order valence-electron chi connectivity index (χ0n) is 18.2. The van der Waals surface area contributed by atoms with E-state index in [4.69, 9.17) is 9.47 Å². The number of halogens is 2. The van der Waals surface area contributed by atoms with Crippen molar-refractivity contribution in [3.05, 3.63) is 95.2 Å². The van der Waals surface area contributed by atoms with Crippen LogP contribution in [0.2, 0.25) is 0 Å². The highest BCUT2D eigenvalue weighted by Crippen LogP contribution is 2.24. The van der Waals surface area contributed by atoms with Crippen LogP contribution in [0, 0.1) is 11.6 Å². The van der Waals surface area contributed by atoms with E-state index in [-0.39, 0.29) is 18.0 Å². The fourth-order valence-corrected chi connectivity index (χ4v) is 3.80. The van der Waals surface area contributed by atoms with Crippen LogP contribution in [-0.4, -0.2) is 42.1 Å². The van der Waals surface area contributed by atoms with Gasteiger partial charge in [0.2, 0.25) is 0 Å². The molecule has 8 heteroatoms. The third kappa shape index (κ3) is 4.72. The lowest BCUT2D eigenvalue weighted by molar-refractivity contribution is 0.103. The molecule has 0 N–H and O–H groups in total. The predicted molar refractivity (Wildman–Crippen MR) is 123 cm³/mol. The van der Waals surface area contributed by atoms with E-state index >= 15 is 0 Å². The second-order valence-corrected chi connectivity index (χ2v) is 7.92. The fraction of sp³-hybridized carbons (Fsp3) is 0.192. The number of ether oxygens (including phenoxy) is 2. The number of ketones is 1. The van der Waals surface area contributed by atoms with Gasteiger partial charge in [-0.1, -0.05) is 12.1 Å². The van der Waals surface area contributed by atoms with Gasteiger partial charge in [0, 0.05) is 18.7 Å². The summed E-state index contributed by atoms with van der Waals surface area (Å²) in [4.78, 5) is 24.3. The number of benzene rings is 3. The van der Waals surface area contributed by atoms with Crippen LogP contribution in [0.15, 0.2) is 66.9 Å². The van der Waals surface area contributed by atoms with E-state index in [1.165, 1.54) is 30.3 Å². The topological polar surface area (TPSA) is 64.6 Å². The Morgan fingerprint density at radius 1 is 1.00 bits per heavy atom. The van der Waals surface area contributed by atoms with Crippen LogP contribution in [0.3, 0.4) is 0 Å². The molecule has 0 radical (unpaired) electrons. The molecule has 6 nitrogen and oxygen atoms in total. The molecule has 4 aromatic rings. The van der Waals surface area contributed by atoms with Crippen LogP contribution in [0.5, 0.6) is 5.75 Å². The second-order valence-electron chi connectivity index (χ2n) is 7.92. The van der Waals surface area contributed by atoms with E-state index in [1.807, 2.05) is 0 Å². The van der Waals surface area contributed by atoms with Crippen LogP contribution in [0.1, 0.15) is 21.5 Å². The summed E-state index contributed by atoms with van der Waals surface area (Å²) in [5.41, 5.74) is 1.99. The number of aromatic nitrogens is 2. The molecule has 0 amide bonds. The molecule has 0 atom stereocenters. The summed E-state index contributed by atoms with van der Waals surface area (Å²) in [7, 11) is 0. The molecule has 172 valence electrons. The minimum atomic E-state index is -0.656. The minimum absolute atomic E-state index is 0.0902. The Balaban J connectivity index is 1.39. The minimum Gasteiger partial charge on any atom is -0.489 e. The van der Waals surface area contributed by atoms with E-state index in [0.717, 1.165) is 0 Å². The zero-order chi connectivity index (χ0) is 23.5. The molecule has 0 spiro atoms. The Morgan fingerprint density at radius 2 is 1.85 bits per heavy atom. The van der Waals surface area contributed by atoms with Crippen LogP contribution >= 0.6 is 0 Å². The van der Waals surface area contributed by atoms with Crippen molar-refractivity contribution >= 4 is 22.6 Å². The molecule has 1 aliphatic heterocycles.